The summed E-state index contributed by atoms with van der Waals surface area (Å²) in [5.41, 5.74) is 0.452. The molecular formula is C6H15NS. The quantitative estimate of drug-likeness (QED) is 0.577. The van der Waals surface area contributed by atoms with Gasteiger partial charge in [0.15, 0.2) is 0 Å². The molecule has 0 rings (SSSR count). The number of nitrogens with one attached hydrogen (secondary N) is 1. The summed E-state index contributed by atoms with van der Waals surface area (Å²) in [5.74, 6) is 1.17. The lowest BCUT2D eigenvalue weighted by atomic mass is 10.0. The van der Waals surface area contributed by atoms with Gasteiger partial charge in [-0.25, -0.2) is 0 Å². The Morgan fingerprint density at radius 2 is 1.88 bits per heavy atom. The number of rotatable bonds is 2. The molecule has 0 radical (unpaired) electrons. The van der Waals surface area contributed by atoms with Crippen LogP contribution in [0.3, 0.4) is 0 Å². The third-order valence-corrected chi connectivity index (χ3v) is 1.95. The Kier molecular flexibility index (Phi) is 3.49. The van der Waals surface area contributed by atoms with Crippen LogP contribution in [-0.4, -0.2) is 12.8 Å². The van der Waals surface area contributed by atoms with Crippen LogP contribution in [0, 0.1) is 5.41 Å². The van der Waals surface area contributed by atoms with Gasteiger partial charge < -0.3 is 0 Å². The molecule has 0 saturated carbocycles. The molecule has 0 saturated heterocycles. The Morgan fingerprint density at radius 3 is 2.00 bits per heavy atom. The maximum Gasteiger partial charge on any atom is 0.0127 e. The van der Waals surface area contributed by atoms with Crippen molar-refractivity contribution in [1.82, 2.24) is 4.72 Å². The zero-order chi connectivity index (χ0) is 6.62. The molecule has 1 N–H and O–H groups in total. The predicted molar refractivity (Wildman–Crippen MR) is 41.0 cm³/mol. The molecule has 0 aliphatic heterocycles. The summed E-state index contributed by atoms with van der Waals surface area (Å²) in [7, 11) is 1.95. The molecule has 0 spiro atoms. The first-order valence-electron chi connectivity index (χ1n) is 2.85. The Morgan fingerprint density at radius 1 is 1.38 bits per heavy atom. The second-order valence-electron chi connectivity index (χ2n) is 3.05. The zero-order valence-corrected chi connectivity index (χ0v) is 6.93. The maximum absolute atomic E-state index is 3.04. The van der Waals surface area contributed by atoms with E-state index in [0.717, 1.165) is 0 Å². The Bertz CT molecular complexity index is 56.0. The van der Waals surface area contributed by atoms with Crippen molar-refractivity contribution in [2.24, 2.45) is 5.41 Å². The summed E-state index contributed by atoms with van der Waals surface area (Å²) in [5, 5.41) is 0. The van der Waals surface area contributed by atoms with Crippen LogP contribution < -0.4 is 4.72 Å². The smallest absolute Gasteiger partial charge is 0.0127 e. The first-order valence-corrected chi connectivity index (χ1v) is 3.83. The Labute approximate surface area is 56.4 Å². The van der Waals surface area contributed by atoms with Gasteiger partial charge in [-0.1, -0.05) is 32.7 Å². The zero-order valence-electron chi connectivity index (χ0n) is 6.12. The third-order valence-electron chi connectivity index (χ3n) is 0.650. The number of hydrogen-bond donors (Lipinski definition) is 1. The summed E-state index contributed by atoms with van der Waals surface area (Å²) in [6.45, 7) is 6.70. The van der Waals surface area contributed by atoms with Gasteiger partial charge >= 0.3 is 0 Å². The molecular weight excluding hydrogens is 118 g/mol. The van der Waals surface area contributed by atoms with Crippen LogP contribution in [-0.2, 0) is 0 Å². The highest BCUT2D eigenvalue weighted by molar-refractivity contribution is 7.97. The second-order valence-corrected chi connectivity index (χ2v) is 4.04. The maximum atomic E-state index is 3.04. The van der Waals surface area contributed by atoms with Crippen molar-refractivity contribution in [3.05, 3.63) is 0 Å². The first-order chi connectivity index (χ1) is 3.56. The van der Waals surface area contributed by atoms with Crippen LogP contribution in [0.1, 0.15) is 20.8 Å². The average Bonchev–Trinajstić information content (AvgIpc) is 1.59. The van der Waals surface area contributed by atoms with Gasteiger partial charge in [-0.2, -0.15) is 0 Å². The largest absolute Gasteiger partial charge is 0.267 e. The van der Waals surface area contributed by atoms with Crippen molar-refractivity contribution in [2.75, 3.05) is 12.8 Å². The molecule has 0 aliphatic rings. The molecule has 2 heteroatoms. The van der Waals surface area contributed by atoms with E-state index in [0.29, 0.717) is 5.41 Å². The van der Waals surface area contributed by atoms with E-state index in [1.807, 2.05) is 7.05 Å². The van der Waals surface area contributed by atoms with E-state index < -0.39 is 0 Å². The summed E-state index contributed by atoms with van der Waals surface area (Å²) in [6.07, 6.45) is 0. The molecule has 1 nitrogen and oxygen atoms in total. The SMILES string of the molecule is CNSCC(C)(C)C. The molecule has 0 unspecified atom stereocenters. The Hall–Kier alpha value is 0.310. The van der Waals surface area contributed by atoms with Crippen molar-refractivity contribution < 1.29 is 0 Å². The highest BCUT2D eigenvalue weighted by Crippen LogP contribution is 2.17. The Balaban J connectivity index is 3.11. The fraction of sp³-hybridized carbons (Fsp3) is 1.00. The lowest BCUT2D eigenvalue weighted by Gasteiger charge is -2.15. The van der Waals surface area contributed by atoms with Crippen molar-refractivity contribution >= 4 is 11.9 Å². The molecule has 0 amide bonds. The standard InChI is InChI=1S/C6H15NS/c1-6(2,3)5-8-7-4/h7H,5H2,1-4H3. The molecule has 0 fully saturated rings. The molecule has 0 bridgehead atoms. The van der Waals surface area contributed by atoms with Crippen LogP contribution in [0.5, 0.6) is 0 Å². The van der Waals surface area contributed by atoms with Gasteiger partial charge in [0.2, 0.25) is 0 Å². The lowest BCUT2D eigenvalue weighted by Crippen LogP contribution is -2.11. The molecule has 0 aliphatic carbocycles. The monoisotopic (exact) mass is 133 g/mol. The van der Waals surface area contributed by atoms with E-state index >= 15 is 0 Å². The van der Waals surface area contributed by atoms with E-state index in [1.54, 1.807) is 11.9 Å². The summed E-state index contributed by atoms with van der Waals surface area (Å²) in [6, 6.07) is 0. The minimum Gasteiger partial charge on any atom is -0.267 e. The van der Waals surface area contributed by atoms with E-state index in [2.05, 4.69) is 25.5 Å². The first kappa shape index (κ1) is 8.31. The van der Waals surface area contributed by atoms with Gasteiger partial charge in [-0.15, -0.1) is 0 Å². The van der Waals surface area contributed by atoms with E-state index in [4.69, 9.17) is 0 Å². The van der Waals surface area contributed by atoms with Gasteiger partial charge in [0.25, 0.3) is 0 Å². The average molecular weight is 133 g/mol. The highest BCUT2D eigenvalue weighted by atomic mass is 32.2. The van der Waals surface area contributed by atoms with Gasteiger partial charge in [0.1, 0.15) is 0 Å². The second kappa shape index (κ2) is 3.36. The molecule has 0 heterocycles. The molecule has 8 heavy (non-hydrogen) atoms. The van der Waals surface area contributed by atoms with Gasteiger partial charge in [0.05, 0.1) is 0 Å². The van der Waals surface area contributed by atoms with Crippen LogP contribution in [0.2, 0.25) is 0 Å². The highest BCUT2D eigenvalue weighted by Gasteiger charge is 2.08. The molecule has 50 valence electrons. The summed E-state index contributed by atoms with van der Waals surface area (Å²) in [4.78, 5) is 0. The minimum atomic E-state index is 0.452. The topological polar surface area (TPSA) is 12.0 Å². The van der Waals surface area contributed by atoms with Crippen molar-refractivity contribution in [1.29, 1.82) is 0 Å². The van der Waals surface area contributed by atoms with Gasteiger partial charge in [-0.05, 0) is 12.5 Å². The van der Waals surface area contributed by atoms with Crippen LogP contribution in [0.4, 0.5) is 0 Å². The van der Waals surface area contributed by atoms with Crippen LogP contribution in [0.25, 0.3) is 0 Å². The van der Waals surface area contributed by atoms with Crippen molar-refractivity contribution in [3.63, 3.8) is 0 Å². The van der Waals surface area contributed by atoms with Crippen LogP contribution in [0.15, 0.2) is 0 Å². The van der Waals surface area contributed by atoms with Gasteiger partial charge in [-0.3, -0.25) is 4.72 Å². The van der Waals surface area contributed by atoms with E-state index in [-0.39, 0.29) is 0 Å². The normalized spacial score (nSPS) is 12.0. The van der Waals surface area contributed by atoms with E-state index in [1.165, 1.54) is 5.75 Å². The molecule has 0 aromatic carbocycles. The van der Waals surface area contributed by atoms with Gasteiger partial charge in [0, 0.05) is 5.75 Å². The predicted octanol–water partition coefficient (Wildman–Crippen LogP) is 1.90. The number of hydrogen-bond acceptors (Lipinski definition) is 2. The minimum absolute atomic E-state index is 0.452. The van der Waals surface area contributed by atoms with Crippen molar-refractivity contribution in [2.45, 2.75) is 20.8 Å². The molecule has 0 aromatic heterocycles. The molecule has 0 atom stereocenters. The van der Waals surface area contributed by atoms with E-state index in [9.17, 15) is 0 Å². The van der Waals surface area contributed by atoms with Crippen LogP contribution >= 0.6 is 11.9 Å². The van der Waals surface area contributed by atoms with Crippen molar-refractivity contribution in [3.8, 4) is 0 Å². The third kappa shape index (κ3) is 6.31. The fourth-order valence-electron chi connectivity index (χ4n) is 0.289. The fourth-order valence-corrected chi connectivity index (χ4v) is 0.866. The summed E-state index contributed by atoms with van der Waals surface area (Å²) >= 11 is 1.77. The lowest BCUT2D eigenvalue weighted by molar-refractivity contribution is 0.480. The summed E-state index contributed by atoms with van der Waals surface area (Å²) < 4.78 is 3.04. The molecule has 0 aromatic rings.